The van der Waals surface area contributed by atoms with Crippen LogP contribution in [0.2, 0.25) is 5.02 Å². The molecule has 0 aliphatic rings. The minimum absolute atomic E-state index is 0.108. The molecule has 0 fully saturated rings. The van der Waals surface area contributed by atoms with E-state index in [-0.39, 0.29) is 12.2 Å². The van der Waals surface area contributed by atoms with Gasteiger partial charge in [-0.05, 0) is 23.8 Å². The lowest BCUT2D eigenvalue weighted by Crippen LogP contribution is -2.08. The number of rotatable bonds is 6. The predicted octanol–water partition coefficient (Wildman–Crippen LogP) is 3.26. The smallest absolute Gasteiger partial charge is 0.358 e. The first-order chi connectivity index (χ1) is 11.6. The summed E-state index contributed by atoms with van der Waals surface area (Å²) >= 11 is 6.06. The Labute approximate surface area is 143 Å². The summed E-state index contributed by atoms with van der Waals surface area (Å²) in [5, 5.41) is 17.3. The Morgan fingerprint density at radius 1 is 1.21 bits per heavy atom. The quantitative estimate of drug-likeness (QED) is 0.743. The number of carbonyl (C=O) groups is 1. The van der Waals surface area contributed by atoms with Crippen LogP contribution in [-0.2, 0) is 13.2 Å². The van der Waals surface area contributed by atoms with Gasteiger partial charge < -0.3 is 9.84 Å². The van der Waals surface area contributed by atoms with Gasteiger partial charge in [0.1, 0.15) is 12.4 Å². The van der Waals surface area contributed by atoms with Gasteiger partial charge in [-0.25, -0.2) is 4.79 Å². The Morgan fingerprint density at radius 3 is 2.71 bits per heavy atom. The van der Waals surface area contributed by atoms with E-state index in [2.05, 4.69) is 10.2 Å². The van der Waals surface area contributed by atoms with Crippen LogP contribution in [-0.4, -0.2) is 26.1 Å². The van der Waals surface area contributed by atoms with Crippen LogP contribution in [0, 0.1) is 0 Å². The van der Waals surface area contributed by atoms with Crippen molar-refractivity contribution in [1.29, 1.82) is 0 Å². The molecular weight excluding hydrogens is 330 g/mol. The normalized spacial score (nSPS) is 10.5. The summed E-state index contributed by atoms with van der Waals surface area (Å²) < 4.78 is 5.86. The van der Waals surface area contributed by atoms with Crippen LogP contribution in [0.5, 0.6) is 5.75 Å². The van der Waals surface area contributed by atoms with Gasteiger partial charge in [-0.1, -0.05) is 41.9 Å². The molecule has 0 bridgehead atoms. The highest BCUT2D eigenvalue weighted by molar-refractivity contribution is 6.30. The maximum absolute atomic E-state index is 10.9. The van der Waals surface area contributed by atoms with Gasteiger partial charge in [0.25, 0.3) is 0 Å². The van der Waals surface area contributed by atoms with Crippen molar-refractivity contribution in [2.75, 3.05) is 0 Å². The molecule has 0 spiro atoms. The first kappa shape index (κ1) is 16.0. The lowest BCUT2D eigenvalue weighted by Gasteiger charge is -2.12. The molecule has 0 unspecified atom stereocenters. The van der Waals surface area contributed by atoms with Gasteiger partial charge in [0.05, 0.1) is 12.7 Å². The number of aromatic nitrogens is 3. The van der Waals surface area contributed by atoms with E-state index in [0.29, 0.717) is 17.4 Å². The Balaban J connectivity index is 1.78. The average molecular weight is 344 g/mol. The van der Waals surface area contributed by atoms with Crippen LogP contribution in [0.1, 0.15) is 21.6 Å². The van der Waals surface area contributed by atoms with Crippen molar-refractivity contribution < 1.29 is 14.6 Å². The van der Waals surface area contributed by atoms with Gasteiger partial charge in [-0.15, -0.1) is 5.10 Å². The SMILES string of the molecule is O=C(O)c1cnn(Cc2cc(Cl)ccc2OCc2ccccc2)n1. The third-order valence-electron chi connectivity index (χ3n) is 3.33. The topological polar surface area (TPSA) is 77.2 Å². The van der Waals surface area contributed by atoms with Crippen LogP contribution in [0.15, 0.2) is 54.7 Å². The summed E-state index contributed by atoms with van der Waals surface area (Å²) in [4.78, 5) is 12.2. The molecule has 0 saturated carbocycles. The molecular formula is C17H14ClN3O3. The van der Waals surface area contributed by atoms with Crippen LogP contribution < -0.4 is 4.74 Å². The van der Waals surface area contributed by atoms with E-state index in [4.69, 9.17) is 21.4 Å². The molecule has 3 rings (SSSR count). The molecule has 1 N–H and O–H groups in total. The molecule has 1 heterocycles. The predicted molar refractivity (Wildman–Crippen MR) is 88.3 cm³/mol. The number of aromatic carboxylic acids is 1. The van der Waals surface area contributed by atoms with E-state index in [1.807, 2.05) is 30.3 Å². The highest BCUT2D eigenvalue weighted by Gasteiger charge is 2.11. The second kappa shape index (κ2) is 7.14. The number of benzene rings is 2. The molecule has 0 radical (unpaired) electrons. The summed E-state index contributed by atoms with van der Waals surface area (Å²) in [6.07, 6.45) is 1.21. The number of carboxylic acid groups (broad SMARTS) is 1. The van der Waals surface area contributed by atoms with Crippen molar-refractivity contribution in [2.24, 2.45) is 0 Å². The Hall–Kier alpha value is -2.86. The molecule has 0 saturated heterocycles. The second-order valence-corrected chi connectivity index (χ2v) is 5.53. The molecule has 1 aromatic heterocycles. The molecule has 0 amide bonds. The standard InChI is InChI=1S/C17H14ClN3O3/c18-14-6-7-16(24-11-12-4-2-1-3-5-12)13(8-14)10-21-19-9-15(20-21)17(22)23/h1-9H,10-11H2,(H,22,23). The second-order valence-electron chi connectivity index (χ2n) is 5.09. The van der Waals surface area contributed by atoms with E-state index in [9.17, 15) is 4.79 Å². The van der Waals surface area contributed by atoms with Crippen LogP contribution in [0.3, 0.4) is 0 Å². The summed E-state index contributed by atoms with van der Waals surface area (Å²) in [7, 11) is 0. The minimum atomic E-state index is -1.12. The highest BCUT2D eigenvalue weighted by atomic mass is 35.5. The number of ether oxygens (including phenoxy) is 1. The number of nitrogens with zero attached hydrogens (tertiary/aromatic N) is 3. The molecule has 0 aliphatic heterocycles. The van der Waals surface area contributed by atoms with Gasteiger partial charge in [-0.3, -0.25) is 0 Å². The molecule has 7 heteroatoms. The lowest BCUT2D eigenvalue weighted by atomic mass is 10.2. The van der Waals surface area contributed by atoms with Gasteiger partial charge in [0.2, 0.25) is 0 Å². The first-order valence-electron chi connectivity index (χ1n) is 7.20. The Kier molecular flexibility index (Phi) is 4.77. The maximum Gasteiger partial charge on any atom is 0.358 e. The third kappa shape index (κ3) is 3.91. The molecule has 122 valence electrons. The fraction of sp³-hybridized carbons (Fsp3) is 0.118. The van der Waals surface area contributed by atoms with Crippen LogP contribution >= 0.6 is 11.6 Å². The van der Waals surface area contributed by atoms with E-state index in [1.165, 1.54) is 11.0 Å². The summed E-state index contributed by atoms with van der Waals surface area (Å²) in [5.41, 5.74) is 1.71. The molecule has 3 aromatic rings. The lowest BCUT2D eigenvalue weighted by molar-refractivity contribution is 0.0689. The van der Waals surface area contributed by atoms with Crippen molar-refractivity contribution in [2.45, 2.75) is 13.2 Å². The summed E-state index contributed by atoms with van der Waals surface area (Å²) in [6, 6.07) is 15.1. The Bertz CT molecular complexity index is 849. The summed E-state index contributed by atoms with van der Waals surface area (Å²) in [6.45, 7) is 0.681. The van der Waals surface area contributed by atoms with Crippen molar-refractivity contribution >= 4 is 17.6 Å². The van der Waals surface area contributed by atoms with Crippen molar-refractivity contribution in [1.82, 2.24) is 15.0 Å². The van der Waals surface area contributed by atoms with Crippen LogP contribution in [0.25, 0.3) is 0 Å². The maximum atomic E-state index is 10.9. The van der Waals surface area contributed by atoms with Gasteiger partial charge in [0, 0.05) is 10.6 Å². The fourth-order valence-electron chi connectivity index (χ4n) is 2.17. The summed E-state index contributed by atoms with van der Waals surface area (Å²) in [5.74, 6) is -0.467. The molecule has 2 aromatic carbocycles. The zero-order valence-electron chi connectivity index (χ0n) is 12.6. The van der Waals surface area contributed by atoms with E-state index < -0.39 is 5.97 Å². The zero-order valence-corrected chi connectivity index (χ0v) is 13.3. The number of carboxylic acids is 1. The molecule has 24 heavy (non-hydrogen) atoms. The number of halogens is 1. The van der Waals surface area contributed by atoms with E-state index in [0.717, 1.165) is 11.1 Å². The third-order valence-corrected chi connectivity index (χ3v) is 3.56. The fourth-order valence-corrected chi connectivity index (χ4v) is 2.37. The zero-order chi connectivity index (χ0) is 16.9. The van der Waals surface area contributed by atoms with Gasteiger partial charge in [-0.2, -0.15) is 9.90 Å². The molecule has 0 aliphatic carbocycles. The molecule has 6 nitrogen and oxygen atoms in total. The number of hydrogen-bond acceptors (Lipinski definition) is 4. The van der Waals surface area contributed by atoms with Gasteiger partial charge >= 0.3 is 5.97 Å². The van der Waals surface area contributed by atoms with Crippen LogP contribution in [0.4, 0.5) is 0 Å². The van der Waals surface area contributed by atoms with E-state index >= 15 is 0 Å². The average Bonchev–Trinajstić information content (AvgIpc) is 3.04. The molecule has 0 atom stereocenters. The number of hydrogen-bond donors (Lipinski definition) is 1. The first-order valence-corrected chi connectivity index (χ1v) is 7.58. The van der Waals surface area contributed by atoms with E-state index in [1.54, 1.807) is 18.2 Å². The van der Waals surface area contributed by atoms with Crippen molar-refractivity contribution in [3.05, 3.63) is 76.6 Å². The van der Waals surface area contributed by atoms with Crippen molar-refractivity contribution in [3.8, 4) is 5.75 Å². The monoisotopic (exact) mass is 343 g/mol. The highest BCUT2D eigenvalue weighted by Crippen LogP contribution is 2.24. The Morgan fingerprint density at radius 2 is 2.00 bits per heavy atom. The van der Waals surface area contributed by atoms with Crippen molar-refractivity contribution in [3.63, 3.8) is 0 Å². The minimum Gasteiger partial charge on any atom is -0.489 e. The van der Waals surface area contributed by atoms with Gasteiger partial charge in [0.15, 0.2) is 5.69 Å². The largest absolute Gasteiger partial charge is 0.489 e.